The van der Waals surface area contributed by atoms with Crippen LogP contribution in [0.2, 0.25) is 0 Å². The van der Waals surface area contributed by atoms with Crippen LogP contribution in [0.4, 0.5) is 0 Å². The van der Waals surface area contributed by atoms with Crippen molar-refractivity contribution in [3.8, 4) is 0 Å². The van der Waals surface area contributed by atoms with E-state index in [1.807, 2.05) is 0 Å². The Hall–Kier alpha value is 3.63. The predicted octanol–water partition coefficient (Wildman–Crippen LogP) is -4.16. The van der Waals surface area contributed by atoms with Gasteiger partial charge in [0.1, 0.15) is 0 Å². The summed E-state index contributed by atoms with van der Waals surface area (Å²) in [4.78, 5) is 1.19. The standard InChI is InChI=1S/C4H2S4.2K/c5-1-2(6)4(8)3(1)7;;/h5-6H;;/q;2*+1/p-2. The fourth-order valence-electron chi connectivity index (χ4n) is 0.350. The molecular weight excluding hydrogens is 255 g/mol. The molecule has 0 amide bonds. The van der Waals surface area contributed by atoms with Gasteiger partial charge in [-0.1, -0.05) is 24.4 Å². The van der Waals surface area contributed by atoms with Gasteiger partial charge >= 0.3 is 103 Å². The summed E-state index contributed by atoms with van der Waals surface area (Å²) in [6, 6.07) is 0. The zero-order valence-electron chi connectivity index (χ0n) is 5.63. The van der Waals surface area contributed by atoms with Gasteiger partial charge in [0.25, 0.3) is 0 Å². The Morgan fingerprint density at radius 2 is 1.00 bits per heavy atom. The fraction of sp³-hybridized carbons (Fsp3) is 0. The van der Waals surface area contributed by atoms with Crippen LogP contribution in [-0.4, -0.2) is 0 Å². The maximum absolute atomic E-state index is 4.74. The first-order chi connectivity index (χ1) is 3.64. The normalized spacial score (nSPS) is 8.00. The molecule has 0 bridgehead atoms. The minimum Gasteiger partial charge on any atom is -0.780 e. The average molecular weight is 255 g/mol. The largest absolute Gasteiger partial charge is 1.00 e. The number of hydrogen-bond acceptors (Lipinski definition) is 4. The van der Waals surface area contributed by atoms with E-state index in [1.54, 1.807) is 0 Å². The molecule has 1 rings (SSSR count). The van der Waals surface area contributed by atoms with Crippen LogP contribution >= 0.6 is 24.4 Å². The second-order valence-electron chi connectivity index (χ2n) is 1.32. The molecule has 1 aromatic rings. The molecular formula is C4K2S4. The van der Waals surface area contributed by atoms with Gasteiger partial charge in [0, 0.05) is 9.02 Å². The SMILES string of the molecule is S=c1c([S-])c([S-])c1=S.[K+].[K+]. The van der Waals surface area contributed by atoms with Crippen molar-refractivity contribution >= 4 is 49.7 Å². The van der Waals surface area contributed by atoms with E-state index >= 15 is 0 Å². The van der Waals surface area contributed by atoms with Gasteiger partial charge in [-0.3, -0.25) is 0 Å². The molecule has 0 heterocycles. The van der Waals surface area contributed by atoms with Crippen LogP contribution in [0.15, 0.2) is 9.79 Å². The minimum absolute atomic E-state index is 0. The molecule has 0 aliphatic rings. The maximum atomic E-state index is 4.74. The van der Waals surface area contributed by atoms with Crippen molar-refractivity contribution < 1.29 is 103 Å². The third-order valence-electron chi connectivity index (χ3n) is 0.825. The van der Waals surface area contributed by atoms with Crippen molar-refractivity contribution in [1.82, 2.24) is 0 Å². The molecule has 0 radical (unpaired) electrons. The summed E-state index contributed by atoms with van der Waals surface area (Å²) in [7, 11) is 0. The Labute approximate surface area is 166 Å². The van der Waals surface area contributed by atoms with Crippen LogP contribution in [-0.2, 0) is 25.3 Å². The Balaban J connectivity index is 0. The third-order valence-corrected chi connectivity index (χ3v) is 2.97. The monoisotopic (exact) mass is 254 g/mol. The van der Waals surface area contributed by atoms with Crippen molar-refractivity contribution in [3.05, 3.63) is 9.02 Å². The molecule has 0 saturated carbocycles. The van der Waals surface area contributed by atoms with Crippen molar-refractivity contribution in [1.29, 1.82) is 0 Å². The topological polar surface area (TPSA) is 0 Å². The predicted molar refractivity (Wildman–Crippen MR) is 41.7 cm³/mol. The second-order valence-corrected chi connectivity index (χ2v) is 2.95. The first kappa shape index (κ1) is 16.1. The summed E-state index contributed by atoms with van der Waals surface area (Å²) in [5.74, 6) is 0. The molecule has 0 unspecified atom stereocenters. The average Bonchev–Trinajstić information content (AvgIpc) is 1.83. The Morgan fingerprint density at radius 3 is 1.10 bits per heavy atom. The fourth-order valence-corrected chi connectivity index (χ4v) is 1.42. The van der Waals surface area contributed by atoms with Crippen molar-refractivity contribution in [2.45, 2.75) is 9.79 Å². The molecule has 0 spiro atoms. The summed E-state index contributed by atoms with van der Waals surface area (Å²) in [6.07, 6.45) is 0. The summed E-state index contributed by atoms with van der Waals surface area (Å²) in [5, 5.41) is 0. The van der Waals surface area contributed by atoms with E-state index in [1.165, 1.54) is 0 Å². The van der Waals surface area contributed by atoms with E-state index in [2.05, 4.69) is 0 Å². The number of hydrogen-bond donors (Lipinski definition) is 0. The minimum atomic E-state index is 0. The molecule has 0 fully saturated rings. The molecule has 0 N–H and O–H groups in total. The van der Waals surface area contributed by atoms with Gasteiger partial charge in [0.05, 0.1) is 0 Å². The maximum Gasteiger partial charge on any atom is 1.00 e. The third kappa shape index (κ3) is 3.41. The van der Waals surface area contributed by atoms with Crippen LogP contribution in [0.1, 0.15) is 0 Å². The first-order valence-electron chi connectivity index (χ1n) is 1.82. The smallest absolute Gasteiger partial charge is 0.780 e. The van der Waals surface area contributed by atoms with E-state index in [-0.39, 0.29) is 103 Å². The van der Waals surface area contributed by atoms with E-state index in [0.29, 0.717) is 18.8 Å². The van der Waals surface area contributed by atoms with Gasteiger partial charge < -0.3 is 25.3 Å². The number of rotatable bonds is 0. The van der Waals surface area contributed by atoms with Crippen LogP contribution < -0.4 is 103 Å². The summed E-state index contributed by atoms with van der Waals surface area (Å²) in [6.45, 7) is 0. The van der Waals surface area contributed by atoms with Crippen molar-refractivity contribution in [3.63, 3.8) is 0 Å². The summed E-state index contributed by atoms with van der Waals surface area (Å²) >= 11 is 18.9. The van der Waals surface area contributed by atoms with Gasteiger partial charge in [-0.05, 0) is 0 Å². The van der Waals surface area contributed by atoms with Gasteiger partial charge in [-0.15, -0.1) is 0 Å². The van der Waals surface area contributed by atoms with Crippen LogP contribution in [0.3, 0.4) is 0 Å². The first-order valence-corrected chi connectivity index (χ1v) is 3.45. The molecule has 0 aliphatic heterocycles. The molecule has 42 valence electrons. The van der Waals surface area contributed by atoms with E-state index in [0.717, 1.165) is 0 Å². The Kier molecular flexibility index (Phi) is 11.2. The summed E-state index contributed by atoms with van der Waals surface area (Å²) < 4.78 is 1.19. The quantitative estimate of drug-likeness (QED) is 0.262. The van der Waals surface area contributed by atoms with Gasteiger partial charge in [0.2, 0.25) is 0 Å². The zero-order chi connectivity index (χ0) is 6.31. The Bertz CT molecular complexity index is 255. The Morgan fingerprint density at radius 1 is 0.800 bits per heavy atom. The molecule has 0 saturated heterocycles. The molecule has 0 aromatic heterocycles. The molecule has 0 nitrogen and oxygen atoms in total. The van der Waals surface area contributed by atoms with Gasteiger partial charge in [0.15, 0.2) is 0 Å². The molecule has 1 aromatic carbocycles. The van der Waals surface area contributed by atoms with Crippen molar-refractivity contribution in [2.24, 2.45) is 0 Å². The van der Waals surface area contributed by atoms with Gasteiger partial charge in [-0.2, -0.15) is 9.79 Å². The second kappa shape index (κ2) is 7.00. The molecule has 6 heteroatoms. The molecule has 0 aliphatic carbocycles. The molecule has 0 atom stereocenters. The van der Waals surface area contributed by atoms with Crippen LogP contribution in [0.5, 0.6) is 0 Å². The van der Waals surface area contributed by atoms with Gasteiger partial charge in [-0.25, -0.2) is 0 Å². The van der Waals surface area contributed by atoms with E-state index in [4.69, 9.17) is 49.7 Å². The zero-order valence-corrected chi connectivity index (χ0v) is 15.1. The van der Waals surface area contributed by atoms with Crippen LogP contribution in [0.25, 0.3) is 0 Å². The van der Waals surface area contributed by atoms with E-state index < -0.39 is 0 Å². The van der Waals surface area contributed by atoms with E-state index in [9.17, 15) is 0 Å². The van der Waals surface area contributed by atoms with Crippen molar-refractivity contribution in [2.75, 3.05) is 0 Å². The molecule has 10 heavy (non-hydrogen) atoms. The van der Waals surface area contributed by atoms with Crippen LogP contribution in [0, 0.1) is 9.02 Å². The summed E-state index contributed by atoms with van der Waals surface area (Å²) in [5.41, 5.74) is 0.